The number of nitrogens with zero attached hydrogens (tertiary/aromatic N) is 1. The third kappa shape index (κ3) is 5.48. The summed E-state index contributed by atoms with van der Waals surface area (Å²) in [7, 11) is 0. The molecule has 1 aliphatic rings. The van der Waals surface area contributed by atoms with Gasteiger partial charge in [0.2, 0.25) is 0 Å². The van der Waals surface area contributed by atoms with Gasteiger partial charge < -0.3 is 0 Å². The minimum atomic E-state index is 0. The van der Waals surface area contributed by atoms with Crippen molar-refractivity contribution in [2.24, 2.45) is 0 Å². The van der Waals surface area contributed by atoms with Crippen molar-refractivity contribution in [3.05, 3.63) is 74.7 Å². The molecular formula is C20H19Cl4NO. The van der Waals surface area contributed by atoms with Crippen LogP contribution in [0.5, 0.6) is 0 Å². The normalized spacial score (nSPS) is 14.5. The van der Waals surface area contributed by atoms with E-state index in [4.69, 9.17) is 34.8 Å². The first-order chi connectivity index (χ1) is 12.0. The second-order valence-electron chi connectivity index (χ2n) is 6.08. The molecule has 0 N–H and O–H groups in total. The average Bonchev–Trinajstić information content (AvgIpc) is 2.61. The first-order valence-corrected chi connectivity index (χ1v) is 9.32. The van der Waals surface area contributed by atoms with Crippen molar-refractivity contribution in [1.82, 2.24) is 4.90 Å². The summed E-state index contributed by atoms with van der Waals surface area (Å²) in [5.41, 5.74) is 3.09. The summed E-state index contributed by atoms with van der Waals surface area (Å²) in [6.45, 7) is 2.51. The molecule has 0 atom stereocenters. The predicted molar refractivity (Wildman–Crippen MR) is 113 cm³/mol. The van der Waals surface area contributed by atoms with Gasteiger partial charge in [-0.15, -0.1) is 12.4 Å². The van der Waals surface area contributed by atoms with Gasteiger partial charge in [-0.2, -0.15) is 0 Å². The molecule has 0 radical (unpaired) electrons. The molecule has 26 heavy (non-hydrogen) atoms. The second kappa shape index (κ2) is 9.77. The predicted octanol–water partition coefficient (Wildman–Crippen LogP) is 6.43. The monoisotopic (exact) mass is 429 g/mol. The molecule has 0 fully saturated rings. The quantitative estimate of drug-likeness (QED) is 0.509. The Kier molecular flexibility index (Phi) is 8.00. The van der Waals surface area contributed by atoms with Crippen molar-refractivity contribution in [3.63, 3.8) is 0 Å². The zero-order chi connectivity index (χ0) is 17.8. The van der Waals surface area contributed by atoms with Crippen LogP contribution in [0.25, 0.3) is 5.57 Å². The van der Waals surface area contributed by atoms with E-state index in [9.17, 15) is 4.79 Å². The van der Waals surface area contributed by atoms with Crippen LogP contribution >= 0.6 is 47.2 Å². The molecule has 3 rings (SSSR count). The topological polar surface area (TPSA) is 20.3 Å². The van der Waals surface area contributed by atoms with Crippen LogP contribution in [0.1, 0.15) is 28.8 Å². The lowest BCUT2D eigenvalue weighted by molar-refractivity contribution is 0.0966. The fraction of sp³-hybridized carbons (Fsp3) is 0.250. The van der Waals surface area contributed by atoms with Crippen LogP contribution in [0.2, 0.25) is 15.1 Å². The van der Waals surface area contributed by atoms with E-state index in [1.807, 2.05) is 12.1 Å². The molecule has 1 heterocycles. The Labute approximate surface area is 175 Å². The lowest BCUT2D eigenvalue weighted by atomic mass is 9.99. The molecule has 2 aromatic carbocycles. The average molecular weight is 431 g/mol. The Morgan fingerprint density at radius 2 is 1.69 bits per heavy atom. The van der Waals surface area contributed by atoms with E-state index in [2.05, 4.69) is 23.1 Å². The lowest BCUT2D eigenvalue weighted by Gasteiger charge is -2.26. The van der Waals surface area contributed by atoms with Gasteiger partial charge in [-0.1, -0.05) is 53.0 Å². The summed E-state index contributed by atoms with van der Waals surface area (Å²) in [4.78, 5) is 14.6. The molecular weight excluding hydrogens is 412 g/mol. The van der Waals surface area contributed by atoms with Crippen LogP contribution in [0, 0.1) is 0 Å². The van der Waals surface area contributed by atoms with E-state index in [0.717, 1.165) is 31.1 Å². The minimum absolute atomic E-state index is 0. The maximum atomic E-state index is 12.4. The van der Waals surface area contributed by atoms with Crippen molar-refractivity contribution in [2.75, 3.05) is 19.6 Å². The van der Waals surface area contributed by atoms with Crippen molar-refractivity contribution >= 4 is 58.6 Å². The number of Topliss-reactive ketones (excluding diaryl/α,β-unsaturated/α-hetero) is 1. The highest BCUT2D eigenvalue weighted by Crippen LogP contribution is 2.25. The van der Waals surface area contributed by atoms with Gasteiger partial charge in [-0.3, -0.25) is 9.69 Å². The number of rotatable bonds is 5. The number of hydrogen-bond acceptors (Lipinski definition) is 2. The molecule has 0 aliphatic carbocycles. The number of hydrogen-bond donors (Lipinski definition) is 0. The number of benzene rings is 2. The van der Waals surface area contributed by atoms with Crippen molar-refractivity contribution < 1.29 is 4.79 Å². The summed E-state index contributed by atoms with van der Waals surface area (Å²) in [5.74, 6) is 0.0501. The van der Waals surface area contributed by atoms with E-state index in [0.29, 0.717) is 22.0 Å². The number of carbonyl (C=O) groups is 1. The molecule has 0 saturated carbocycles. The highest BCUT2D eigenvalue weighted by atomic mass is 35.5. The molecule has 0 aromatic heterocycles. The molecule has 0 unspecified atom stereocenters. The van der Waals surface area contributed by atoms with Gasteiger partial charge in [-0.25, -0.2) is 0 Å². The molecule has 0 saturated heterocycles. The number of ketones is 1. The van der Waals surface area contributed by atoms with E-state index < -0.39 is 0 Å². The van der Waals surface area contributed by atoms with Gasteiger partial charge >= 0.3 is 0 Å². The smallest absolute Gasteiger partial charge is 0.165 e. The zero-order valence-corrected chi connectivity index (χ0v) is 17.1. The number of halogens is 4. The maximum Gasteiger partial charge on any atom is 0.165 e. The van der Waals surface area contributed by atoms with Crippen LogP contribution in [0.3, 0.4) is 0 Å². The molecule has 6 heteroatoms. The molecule has 2 nitrogen and oxygen atoms in total. The van der Waals surface area contributed by atoms with E-state index in [1.165, 1.54) is 11.1 Å². The maximum absolute atomic E-state index is 12.4. The third-order valence-corrected chi connectivity index (χ3v) is 5.19. The van der Waals surface area contributed by atoms with Crippen LogP contribution < -0.4 is 0 Å². The third-order valence-electron chi connectivity index (χ3n) is 4.39. The molecule has 0 amide bonds. The summed E-state index contributed by atoms with van der Waals surface area (Å²) < 4.78 is 0. The largest absolute Gasteiger partial charge is 0.299 e. The van der Waals surface area contributed by atoms with E-state index in [-0.39, 0.29) is 18.2 Å². The van der Waals surface area contributed by atoms with Gasteiger partial charge in [-0.05, 0) is 47.9 Å². The lowest BCUT2D eigenvalue weighted by Crippen LogP contribution is -2.30. The summed E-state index contributed by atoms with van der Waals surface area (Å²) in [6, 6.07) is 12.9. The number of carbonyl (C=O) groups excluding carboxylic acids is 1. The molecule has 138 valence electrons. The minimum Gasteiger partial charge on any atom is -0.299 e. The summed E-state index contributed by atoms with van der Waals surface area (Å²) in [6.07, 6.45) is 3.65. The first-order valence-electron chi connectivity index (χ1n) is 8.18. The van der Waals surface area contributed by atoms with Crippen LogP contribution in [0.15, 0.2) is 48.5 Å². The Hall–Kier alpha value is -1.03. The van der Waals surface area contributed by atoms with Gasteiger partial charge in [0, 0.05) is 41.7 Å². The fourth-order valence-electron chi connectivity index (χ4n) is 2.95. The Morgan fingerprint density at radius 3 is 2.31 bits per heavy atom. The second-order valence-corrected chi connectivity index (χ2v) is 7.36. The van der Waals surface area contributed by atoms with Crippen molar-refractivity contribution in [3.8, 4) is 0 Å². The van der Waals surface area contributed by atoms with Gasteiger partial charge in [0.25, 0.3) is 0 Å². The van der Waals surface area contributed by atoms with Crippen molar-refractivity contribution in [1.29, 1.82) is 0 Å². The SMILES string of the molecule is Cl.O=C(CCN1CC=C(c2ccc(Cl)cc2)CC1)c1ccc(Cl)cc1Cl. The van der Waals surface area contributed by atoms with Gasteiger partial charge in [0.15, 0.2) is 5.78 Å². The standard InChI is InChI=1S/C20H18Cl3NO.ClH/c21-16-3-1-14(2-4-16)15-7-10-24(11-8-15)12-9-20(25)18-6-5-17(22)13-19(18)23;/h1-7,13H,8-12H2;1H. The molecule has 1 aliphatic heterocycles. The van der Waals surface area contributed by atoms with E-state index >= 15 is 0 Å². The van der Waals surface area contributed by atoms with Crippen LogP contribution in [-0.2, 0) is 0 Å². The Morgan fingerprint density at radius 1 is 1.00 bits per heavy atom. The van der Waals surface area contributed by atoms with Crippen LogP contribution in [0.4, 0.5) is 0 Å². The molecule has 0 spiro atoms. The summed E-state index contributed by atoms with van der Waals surface area (Å²) in [5, 5.41) is 1.71. The van der Waals surface area contributed by atoms with E-state index in [1.54, 1.807) is 18.2 Å². The van der Waals surface area contributed by atoms with Gasteiger partial charge in [0.1, 0.15) is 0 Å². The Bertz CT molecular complexity index is 802. The van der Waals surface area contributed by atoms with Crippen molar-refractivity contribution in [2.45, 2.75) is 12.8 Å². The fourth-order valence-corrected chi connectivity index (χ4v) is 3.59. The Balaban J connectivity index is 0.00000243. The van der Waals surface area contributed by atoms with Crippen LogP contribution in [-0.4, -0.2) is 30.3 Å². The highest BCUT2D eigenvalue weighted by Gasteiger charge is 2.16. The highest BCUT2D eigenvalue weighted by molar-refractivity contribution is 6.36. The summed E-state index contributed by atoms with van der Waals surface area (Å²) >= 11 is 17.9. The molecule has 0 bridgehead atoms. The van der Waals surface area contributed by atoms with Gasteiger partial charge in [0.05, 0.1) is 5.02 Å². The zero-order valence-electron chi connectivity index (χ0n) is 14.1. The first kappa shape index (κ1) is 21.3. The molecule has 2 aromatic rings.